The Kier molecular flexibility index (Phi) is 6.76. The summed E-state index contributed by atoms with van der Waals surface area (Å²) in [5.74, 6) is 1.13. The molecule has 4 heteroatoms. The van der Waals surface area contributed by atoms with E-state index in [2.05, 4.69) is 24.5 Å². The average Bonchev–Trinajstić information content (AvgIpc) is 2.88. The Labute approximate surface area is 203 Å². The predicted octanol–water partition coefficient (Wildman–Crippen LogP) is 7.22. The molecule has 34 heavy (non-hydrogen) atoms. The van der Waals surface area contributed by atoms with E-state index in [1.807, 2.05) is 24.3 Å². The van der Waals surface area contributed by atoms with Crippen molar-refractivity contribution in [3.63, 3.8) is 0 Å². The molecule has 0 radical (unpaired) electrons. The van der Waals surface area contributed by atoms with Crippen molar-refractivity contribution in [2.75, 3.05) is 10.6 Å². The van der Waals surface area contributed by atoms with Gasteiger partial charge in [-0.3, -0.25) is 9.59 Å². The molecule has 3 aliphatic rings. The summed E-state index contributed by atoms with van der Waals surface area (Å²) >= 11 is 0. The Bertz CT molecular complexity index is 982. The molecule has 3 aliphatic carbocycles. The molecule has 2 fully saturated rings. The van der Waals surface area contributed by atoms with Crippen LogP contribution in [0.1, 0.15) is 110 Å². The molecule has 0 heterocycles. The number of benzene rings is 2. The van der Waals surface area contributed by atoms with Gasteiger partial charge in [0.25, 0.3) is 0 Å². The highest BCUT2D eigenvalue weighted by Gasteiger charge is 2.35. The smallest absolute Gasteiger partial charge is 0.198 e. The summed E-state index contributed by atoms with van der Waals surface area (Å²) in [6.45, 7) is 4.44. The van der Waals surface area contributed by atoms with Gasteiger partial charge >= 0.3 is 0 Å². The third-order valence-corrected chi connectivity index (χ3v) is 8.55. The second kappa shape index (κ2) is 9.93. The maximum absolute atomic E-state index is 14.0. The van der Waals surface area contributed by atoms with Crippen LogP contribution in [0, 0.1) is 11.8 Å². The molecule has 0 aliphatic heterocycles. The molecule has 2 saturated carbocycles. The molecule has 180 valence electrons. The summed E-state index contributed by atoms with van der Waals surface area (Å²) in [5.41, 5.74) is 3.74. The van der Waals surface area contributed by atoms with E-state index in [1.165, 1.54) is 64.2 Å². The second-order valence-electron chi connectivity index (χ2n) is 10.8. The van der Waals surface area contributed by atoms with E-state index in [9.17, 15) is 9.59 Å². The zero-order valence-electron chi connectivity index (χ0n) is 20.7. The van der Waals surface area contributed by atoms with Crippen LogP contribution >= 0.6 is 0 Å². The lowest BCUT2D eigenvalue weighted by Crippen LogP contribution is -2.31. The third kappa shape index (κ3) is 4.39. The lowest BCUT2D eigenvalue weighted by Gasteiger charge is -2.32. The van der Waals surface area contributed by atoms with Crippen LogP contribution in [0.5, 0.6) is 0 Å². The fourth-order valence-electron chi connectivity index (χ4n) is 6.48. The van der Waals surface area contributed by atoms with Crippen LogP contribution in [0.4, 0.5) is 11.4 Å². The molecule has 0 bridgehead atoms. The Morgan fingerprint density at radius 2 is 1.03 bits per heavy atom. The molecule has 0 saturated heterocycles. The number of fused-ring (bicyclic) bond motifs is 2. The van der Waals surface area contributed by atoms with Gasteiger partial charge in [-0.15, -0.1) is 0 Å². The van der Waals surface area contributed by atoms with Gasteiger partial charge in [-0.05, 0) is 63.5 Å². The summed E-state index contributed by atoms with van der Waals surface area (Å²) in [5, 5.41) is 7.28. The minimum atomic E-state index is -0.0486. The highest BCUT2D eigenvalue weighted by molar-refractivity contribution is 6.31. The number of hydrogen-bond donors (Lipinski definition) is 2. The molecule has 0 spiro atoms. The Morgan fingerprint density at radius 3 is 1.44 bits per heavy atom. The van der Waals surface area contributed by atoms with Gasteiger partial charge in [-0.25, -0.2) is 0 Å². The van der Waals surface area contributed by atoms with Gasteiger partial charge in [0, 0.05) is 34.6 Å². The van der Waals surface area contributed by atoms with E-state index in [-0.39, 0.29) is 23.7 Å². The van der Waals surface area contributed by atoms with Crippen LogP contribution in [0.25, 0.3) is 0 Å². The number of ketones is 2. The highest BCUT2D eigenvalue weighted by Crippen LogP contribution is 2.38. The standard InChI is InChI=1S/C30H38N2O2/c1-19(21-11-5-3-6-12-21)31-25-17-9-15-23-27(25)30(34)28-24(29(23)33)16-10-18-26(28)32-20(2)22-13-7-4-8-14-22/h9-10,15-22,31-32H,3-8,11-14H2,1-2H3/t19-,20-/m1/s1. The molecule has 2 atom stereocenters. The third-order valence-electron chi connectivity index (χ3n) is 8.55. The van der Waals surface area contributed by atoms with Crippen LogP contribution in [0.15, 0.2) is 36.4 Å². The van der Waals surface area contributed by atoms with Crippen molar-refractivity contribution in [1.29, 1.82) is 0 Å². The predicted molar refractivity (Wildman–Crippen MR) is 139 cm³/mol. The minimum absolute atomic E-state index is 0.0394. The summed E-state index contributed by atoms with van der Waals surface area (Å²) in [4.78, 5) is 27.5. The fourth-order valence-corrected chi connectivity index (χ4v) is 6.48. The van der Waals surface area contributed by atoms with Crippen LogP contribution in [-0.2, 0) is 0 Å². The van der Waals surface area contributed by atoms with E-state index in [0.29, 0.717) is 34.1 Å². The second-order valence-corrected chi connectivity index (χ2v) is 10.8. The van der Waals surface area contributed by atoms with Gasteiger partial charge in [0.05, 0.1) is 11.1 Å². The SMILES string of the molecule is C[C@@H](Nc1cccc2c1C(=O)c1c(N[C@H](C)C3CCCCC3)cccc1C2=O)C1CCCCC1. The molecule has 2 N–H and O–H groups in total. The van der Waals surface area contributed by atoms with Gasteiger partial charge in [0.15, 0.2) is 11.6 Å². The molecule has 2 aromatic rings. The molecule has 4 nitrogen and oxygen atoms in total. The number of carbonyl (C=O) groups excluding carboxylic acids is 2. The molecule has 0 aromatic heterocycles. The molecule has 0 amide bonds. The van der Waals surface area contributed by atoms with Crippen LogP contribution in [0.2, 0.25) is 0 Å². The number of carbonyl (C=O) groups is 2. The normalized spacial score (nSPS) is 20.9. The largest absolute Gasteiger partial charge is 0.382 e. The first-order chi connectivity index (χ1) is 16.5. The number of anilines is 2. The van der Waals surface area contributed by atoms with Crippen molar-refractivity contribution in [3.05, 3.63) is 58.7 Å². The van der Waals surface area contributed by atoms with Crippen molar-refractivity contribution in [3.8, 4) is 0 Å². The Hall–Kier alpha value is -2.62. The van der Waals surface area contributed by atoms with Gasteiger partial charge in [-0.2, -0.15) is 0 Å². The van der Waals surface area contributed by atoms with Gasteiger partial charge < -0.3 is 10.6 Å². The Morgan fingerprint density at radius 1 is 0.618 bits per heavy atom. The maximum Gasteiger partial charge on any atom is 0.198 e. The highest BCUT2D eigenvalue weighted by atomic mass is 16.1. The van der Waals surface area contributed by atoms with Gasteiger partial charge in [0.1, 0.15) is 0 Å². The maximum atomic E-state index is 14.0. The van der Waals surface area contributed by atoms with Crippen LogP contribution < -0.4 is 10.6 Å². The topological polar surface area (TPSA) is 58.2 Å². The lowest BCUT2D eigenvalue weighted by atomic mass is 9.81. The number of hydrogen-bond acceptors (Lipinski definition) is 4. The van der Waals surface area contributed by atoms with Crippen LogP contribution in [-0.4, -0.2) is 23.7 Å². The molecule has 5 rings (SSSR count). The summed E-state index contributed by atoms with van der Waals surface area (Å²) in [6.07, 6.45) is 12.7. The summed E-state index contributed by atoms with van der Waals surface area (Å²) < 4.78 is 0. The van der Waals surface area contributed by atoms with E-state index < -0.39 is 0 Å². The van der Waals surface area contributed by atoms with E-state index >= 15 is 0 Å². The first kappa shape index (κ1) is 23.1. The van der Waals surface area contributed by atoms with Crippen molar-refractivity contribution in [2.24, 2.45) is 11.8 Å². The van der Waals surface area contributed by atoms with Crippen molar-refractivity contribution >= 4 is 22.9 Å². The first-order valence-electron chi connectivity index (χ1n) is 13.4. The monoisotopic (exact) mass is 458 g/mol. The van der Waals surface area contributed by atoms with Crippen molar-refractivity contribution in [1.82, 2.24) is 0 Å². The molecular formula is C30H38N2O2. The molecule has 2 aromatic carbocycles. The summed E-state index contributed by atoms with van der Waals surface area (Å²) in [7, 11) is 0. The first-order valence-corrected chi connectivity index (χ1v) is 13.4. The van der Waals surface area contributed by atoms with Crippen LogP contribution in [0.3, 0.4) is 0 Å². The van der Waals surface area contributed by atoms with E-state index in [4.69, 9.17) is 0 Å². The molecular weight excluding hydrogens is 420 g/mol. The zero-order valence-corrected chi connectivity index (χ0v) is 20.7. The summed E-state index contributed by atoms with van der Waals surface area (Å²) in [6, 6.07) is 11.9. The molecule has 0 unspecified atom stereocenters. The number of nitrogens with one attached hydrogen (secondary N) is 2. The van der Waals surface area contributed by atoms with Gasteiger partial charge in [0.2, 0.25) is 0 Å². The van der Waals surface area contributed by atoms with Crippen molar-refractivity contribution < 1.29 is 9.59 Å². The average molecular weight is 459 g/mol. The quantitative estimate of drug-likeness (QED) is 0.409. The number of rotatable bonds is 6. The minimum Gasteiger partial charge on any atom is -0.382 e. The van der Waals surface area contributed by atoms with E-state index in [1.54, 1.807) is 12.1 Å². The van der Waals surface area contributed by atoms with Crippen molar-refractivity contribution in [2.45, 2.75) is 90.1 Å². The van der Waals surface area contributed by atoms with Gasteiger partial charge in [-0.1, -0.05) is 62.8 Å². The Balaban J connectivity index is 1.45. The lowest BCUT2D eigenvalue weighted by molar-refractivity contribution is 0.0980. The zero-order chi connectivity index (χ0) is 23.7. The fraction of sp³-hybridized carbons (Fsp3) is 0.533. The van der Waals surface area contributed by atoms with E-state index in [0.717, 1.165) is 11.4 Å².